The number of carbonyl (C=O) groups is 1. The number of nitrogens with one attached hydrogen (secondary N) is 1. The van der Waals surface area contributed by atoms with Crippen LogP contribution in [-0.4, -0.2) is 40.6 Å². The number of rotatable bonds is 4. The van der Waals surface area contributed by atoms with Gasteiger partial charge in [0.25, 0.3) is 5.69 Å². The molecule has 1 heterocycles. The third kappa shape index (κ3) is 3.98. The first-order chi connectivity index (χ1) is 12.1. The van der Waals surface area contributed by atoms with Crippen LogP contribution in [0.2, 0.25) is 0 Å². The van der Waals surface area contributed by atoms with Crippen LogP contribution in [0.4, 0.5) is 10.5 Å². The highest BCUT2D eigenvalue weighted by molar-refractivity contribution is 5.69. The molecule has 0 aromatic heterocycles. The van der Waals surface area contributed by atoms with E-state index in [-0.39, 0.29) is 22.1 Å². The molecule has 1 amide bonds. The van der Waals surface area contributed by atoms with Crippen LogP contribution in [0.3, 0.4) is 0 Å². The average molecular weight is 361 g/mol. The van der Waals surface area contributed by atoms with Crippen LogP contribution >= 0.6 is 0 Å². The monoisotopic (exact) mass is 361 g/mol. The molecule has 0 atom stereocenters. The van der Waals surface area contributed by atoms with Crippen molar-refractivity contribution in [3.63, 3.8) is 0 Å². The van der Waals surface area contributed by atoms with Gasteiger partial charge in [0.1, 0.15) is 5.60 Å². The van der Waals surface area contributed by atoms with Gasteiger partial charge in [0.15, 0.2) is 0 Å². The summed E-state index contributed by atoms with van der Waals surface area (Å²) >= 11 is 0. The molecule has 1 saturated carbocycles. The van der Waals surface area contributed by atoms with E-state index in [1.807, 2.05) is 26.8 Å². The third-order valence-corrected chi connectivity index (χ3v) is 5.13. The molecule has 142 valence electrons. The topological polar surface area (TPSA) is 84.7 Å². The minimum absolute atomic E-state index is 0.168. The van der Waals surface area contributed by atoms with Crippen molar-refractivity contribution in [2.75, 3.05) is 13.1 Å². The standard InChI is InChI=1S/C19H27N3O4/c1-13-5-6-14(7-16(13)22(24)25)10-20-15-8-19(9-15)11-21(12-19)17(23)26-18(2,3)4/h5-7,15,20H,8-12H2,1-4H3. The summed E-state index contributed by atoms with van der Waals surface area (Å²) in [6.45, 7) is 9.51. The molecule has 1 aliphatic heterocycles. The second-order valence-corrected chi connectivity index (χ2v) is 8.70. The van der Waals surface area contributed by atoms with E-state index in [4.69, 9.17) is 4.74 Å². The lowest BCUT2D eigenvalue weighted by Crippen LogP contribution is -2.67. The van der Waals surface area contributed by atoms with Gasteiger partial charge < -0.3 is 15.0 Å². The highest BCUT2D eigenvalue weighted by atomic mass is 16.6. The molecule has 0 bridgehead atoms. The van der Waals surface area contributed by atoms with Crippen LogP contribution < -0.4 is 5.32 Å². The lowest BCUT2D eigenvalue weighted by atomic mass is 9.61. The smallest absolute Gasteiger partial charge is 0.410 e. The van der Waals surface area contributed by atoms with Gasteiger partial charge in [-0.05, 0) is 46.1 Å². The number of nitro benzene ring substituents is 1. The predicted molar refractivity (Wildman–Crippen MR) is 97.9 cm³/mol. The van der Waals surface area contributed by atoms with Crippen LogP contribution in [0.15, 0.2) is 18.2 Å². The van der Waals surface area contributed by atoms with Gasteiger partial charge in [-0.2, -0.15) is 0 Å². The molecule has 1 aromatic carbocycles. The van der Waals surface area contributed by atoms with Crippen molar-refractivity contribution in [3.05, 3.63) is 39.4 Å². The summed E-state index contributed by atoms with van der Waals surface area (Å²) in [6, 6.07) is 5.76. The second-order valence-electron chi connectivity index (χ2n) is 8.70. The van der Waals surface area contributed by atoms with Gasteiger partial charge in [0, 0.05) is 42.7 Å². The van der Waals surface area contributed by atoms with E-state index < -0.39 is 5.60 Å². The molecular formula is C19H27N3O4. The van der Waals surface area contributed by atoms with Crippen molar-refractivity contribution in [1.82, 2.24) is 10.2 Å². The van der Waals surface area contributed by atoms with Gasteiger partial charge in [-0.1, -0.05) is 12.1 Å². The maximum absolute atomic E-state index is 12.0. The molecule has 2 fully saturated rings. The Morgan fingerprint density at radius 2 is 2.04 bits per heavy atom. The predicted octanol–water partition coefficient (Wildman–Crippen LogP) is 3.39. The number of likely N-dealkylation sites (tertiary alicyclic amines) is 1. The van der Waals surface area contributed by atoms with Gasteiger partial charge in [0.05, 0.1) is 4.92 Å². The van der Waals surface area contributed by atoms with Crippen LogP contribution in [0.5, 0.6) is 0 Å². The molecule has 1 N–H and O–H groups in total. The Bertz CT molecular complexity index is 712. The first-order valence-corrected chi connectivity index (χ1v) is 9.02. The van der Waals surface area contributed by atoms with Crippen LogP contribution in [-0.2, 0) is 11.3 Å². The Kier molecular flexibility index (Phi) is 4.69. The van der Waals surface area contributed by atoms with Crippen LogP contribution in [0.25, 0.3) is 0 Å². The van der Waals surface area contributed by atoms with Gasteiger partial charge in [-0.3, -0.25) is 10.1 Å². The lowest BCUT2D eigenvalue weighted by molar-refractivity contribution is -0.385. The maximum atomic E-state index is 12.0. The molecule has 1 aromatic rings. The first-order valence-electron chi connectivity index (χ1n) is 9.02. The molecule has 3 rings (SSSR count). The van der Waals surface area contributed by atoms with Crippen LogP contribution in [0, 0.1) is 22.5 Å². The van der Waals surface area contributed by atoms with Gasteiger partial charge in [-0.15, -0.1) is 0 Å². The highest BCUT2D eigenvalue weighted by Gasteiger charge is 2.54. The Morgan fingerprint density at radius 3 is 2.62 bits per heavy atom. The fraction of sp³-hybridized carbons (Fsp3) is 0.632. The number of aryl methyl sites for hydroxylation is 1. The average Bonchev–Trinajstić information content (AvgIpc) is 2.43. The quantitative estimate of drug-likeness (QED) is 0.656. The van der Waals surface area contributed by atoms with Crippen molar-refractivity contribution in [2.24, 2.45) is 5.41 Å². The molecule has 1 saturated heterocycles. The van der Waals surface area contributed by atoms with Gasteiger partial charge in [0.2, 0.25) is 0 Å². The zero-order chi connectivity index (χ0) is 19.1. The van der Waals surface area contributed by atoms with Crippen molar-refractivity contribution in [1.29, 1.82) is 0 Å². The van der Waals surface area contributed by atoms with Gasteiger partial charge >= 0.3 is 6.09 Å². The van der Waals surface area contributed by atoms with Crippen molar-refractivity contribution in [3.8, 4) is 0 Å². The minimum Gasteiger partial charge on any atom is -0.444 e. The summed E-state index contributed by atoms with van der Waals surface area (Å²) < 4.78 is 5.39. The zero-order valence-electron chi connectivity index (χ0n) is 15.9. The molecule has 0 radical (unpaired) electrons. The fourth-order valence-electron chi connectivity index (χ4n) is 3.83. The zero-order valence-corrected chi connectivity index (χ0v) is 15.9. The molecule has 1 spiro atoms. The van der Waals surface area contributed by atoms with Crippen molar-refractivity contribution < 1.29 is 14.5 Å². The summed E-state index contributed by atoms with van der Waals surface area (Å²) in [5.74, 6) is 0. The summed E-state index contributed by atoms with van der Waals surface area (Å²) in [5.41, 5.74) is 1.54. The largest absolute Gasteiger partial charge is 0.444 e. The Hall–Kier alpha value is -2.15. The minimum atomic E-state index is -0.458. The number of nitrogens with zero attached hydrogens (tertiary/aromatic N) is 2. The van der Waals surface area contributed by atoms with E-state index in [1.54, 1.807) is 24.0 Å². The fourth-order valence-corrected chi connectivity index (χ4v) is 3.83. The molecular weight excluding hydrogens is 334 g/mol. The van der Waals surface area contributed by atoms with E-state index in [0.717, 1.165) is 31.5 Å². The molecule has 0 unspecified atom stereocenters. The number of benzene rings is 1. The number of nitro groups is 1. The SMILES string of the molecule is Cc1ccc(CNC2CC3(C2)CN(C(=O)OC(C)(C)C)C3)cc1[N+](=O)[O-]. The molecule has 7 nitrogen and oxygen atoms in total. The van der Waals surface area contributed by atoms with E-state index in [0.29, 0.717) is 18.2 Å². The molecule has 2 aliphatic rings. The lowest BCUT2D eigenvalue weighted by Gasteiger charge is -2.58. The number of hydrogen-bond donors (Lipinski definition) is 1. The third-order valence-electron chi connectivity index (χ3n) is 5.13. The Morgan fingerprint density at radius 1 is 1.38 bits per heavy atom. The van der Waals surface area contributed by atoms with Crippen molar-refractivity contribution >= 4 is 11.8 Å². The van der Waals surface area contributed by atoms with E-state index in [1.165, 1.54) is 0 Å². The number of carbonyl (C=O) groups excluding carboxylic acids is 1. The van der Waals surface area contributed by atoms with E-state index >= 15 is 0 Å². The van der Waals surface area contributed by atoms with Crippen molar-refractivity contribution in [2.45, 2.75) is 58.7 Å². The summed E-state index contributed by atoms with van der Waals surface area (Å²) in [4.78, 5) is 24.5. The van der Waals surface area contributed by atoms with E-state index in [9.17, 15) is 14.9 Å². The first kappa shape index (κ1) is 18.6. The molecule has 7 heteroatoms. The highest BCUT2D eigenvalue weighted by Crippen LogP contribution is 2.48. The molecule has 1 aliphatic carbocycles. The summed E-state index contributed by atoms with van der Waals surface area (Å²) in [5, 5.41) is 14.5. The maximum Gasteiger partial charge on any atom is 0.410 e. The Balaban J connectivity index is 1.43. The van der Waals surface area contributed by atoms with Crippen LogP contribution in [0.1, 0.15) is 44.7 Å². The second kappa shape index (κ2) is 6.54. The number of ether oxygens (including phenoxy) is 1. The molecule has 26 heavy (non-hydrogen) atoms. The number of hydrogen-bond acceptors (Lipinski definition) is 5. The summed E-state index contributed by atoms with van der Waals surface area (Å²) in [6.07, 6.45) is 1.83. The van der Waals surface area contributed by atoms with Gasteiger partial charge in [-0.25, -0.2) is 4.79 Å². The normalized spacial score (nSPS) is 19.0. The summed E-state index contributed by atoms with van der Waals surface area (Å²) in [7, 11) is 0. The van der Waals surface area contributed by atoms with E-state index in [2.05, 4.69) is 5.32 Å². The number of amides is 1. The Labute approximate surface area is 153 Å².